The highest BCUT2D eigenvalue weighted by Crippen LogP contribution is 2.24. The van der Waals surface area contributed by atoms with Crippen LogP contribution in [0.5, 0.6) is 0 Å². The second-order valence-corrected chi connectivity index (χ2v) is 4.33. The molecule has 1 atom stereocenters. The van der Waals surface area contributed by atoms with E-state index in [1.165, 1.54) is 0 Å². The van der Waals surface area contributed by atoms with Crippen LogP contribution in [-0.2, 0) is 0 Å². The van der Waals surface area contributed by atoms with Gasteiger partial charge in [-0.2, -0.15) is 0 Å². The van der Waals surface area contributed by atoms with Crippen molar-refractivity contribution in [1.29, 1.82) is 0 Å². The Labute approximate surface area is 110 Å². The molecule has 0 radical (unpaired) electrons. The van der Waals surface area contributed by atoms with Crippen molar-refractivity contribution in [3.63, 3.8) is 0 Å². The summed E-state index contributed by atoms with van der Waals surface area (Å²) in [6.45, 7) is 1.89. The van der Waals surface area contributed by atoms with E-state index in [9.17, 15) is 0 Å². The fourth-order valence-electron chi connectivity index (χ4n) is 1.94. The molecule has 2 N–H and O–H groups in total. The van der Waals surface area contributed by atoms with E-state index in [0.29, 0.717) is 11.4 Å². The van der Waals surface area contributed by atoms with E-state index >= 15 is 0 Å². The van der Waals surface area contributed by atoms with E-state index in [0.717, 1.165) is 16.7 Å². The van der Waals surface area contributed by atoms with Gasteiger partial charge in [0.1, 0.15) is 11.4 Å². The maximum Gasteiger partial charge on any atom is 0.114 e. The minimum absolute atomic E-state index is 0.214. The minimum atomic E-state index is -0.214. The Balaban J connectivity index is 2.30. The molecule has 3 aromatic rings. The number of hydrogen-bond acceptors (Lipinski definition) is 5. The van der Waals surface area contributed by atoms with Crippen molar-refractivity contribution >= 4 is 11.0 Å². The first-order chi connectivity index (χ1) is 9.25. The number of nitrogens with two attached hydrogens (primary N) is 1. The Morgan fingerprint density at radius 3 is 2.42 bits per heavy atom. The molecule has 0 spiro atoms. The average molecular weight is 251 g/mol. The molecule has 0 saturated carbocycles. The molecular formula is C14H13N5. The number of benzene rings is 1. The van der Waals surface area contributed by atoms with E-state index in [2.05, 4.69) is 19.9 Å². The SMILES string of the molecule is C[C@H](N)c1nc2ccccc2nc1-c1cnccn1. The second kappa shape index (κ2) is 4.70. The minimum Gasteiger partial charge on any atom is -0.323 e. The predicted octanol–water partition coefficient (Wildman–Crippen LogP) is 2.11. The summed E-state index contributed by atoms with van der Waals surface area (Å²) >= 11 is 0. The first-order valence-electron chi connectivity index (χ1n) is 6.04. The molecule has 0 amide bonds. The van der Waals surface area contributed by atoms with E-state index < -0.39 is 0 Å². The normalized spacial score (nSPS) is 12.5. The predicted molar refractivity (Wildman–Crippen MR) is 73.2 cm³/mol. The van der Waals surface area contributed by atoms with Crippen LogP contribution in [-0.4, -0.2) is 19.9 Å². The summed E-state index contributed by atoms with van der Waals surface area (Å²) in [7, 11) is 0. The lowest BCUT2D eigenvalue weighted by molar-refractivity contribution is 0.782. The number of aromatic nitrogens is 4. The fraction of sp³-hybridized carbons (Fsp3) is 0.143. The zero-order valence-electron chi connectivity index (χ0n) is 10.5. The summed E-state index contributed by atoms with van der Waals surface area (Å²) < 4.78 is 0. The first kappa shape index (κ1) is 11.7. The third-order valence-corrected chi connectivity index (χ3v) is 2.83. The van der Waals surface area contributed by atoms with Gasteiger partial charge in [0.05, 0.1) is 22.9 Å². The summed E-state index contributed by atoms with van der Waals surface area (Å²) in [5.74, 6) is 0. The molecule has 3 rings (SSSR count). The summed E-state index contributed by atoms with van der Waals surface area (Å²) in [6.07, 6.45) is 4.94. The first-order valence-corrected chi connectivity index (χ1v) is 6.04. The maximum absolute atomic E-state index is 5.99. The van der Waals surface area contributed by atoms with Gasteiger partial charge in [-0.05, 0) is 19.1 Å². The number of nitrogens with zero attached hydrogens (tertiary/aromatic N) is 4. The smallest absolute Gasteiger partial charge is 0.114 e. The van der Waals surface area contributed by atoms with Gasteiger partial charge in [-0.1, -0.05) is 12.1 Å². The summed E-state index contributed by atoms with van der Waals surface area (Å²) in [5, 5.41) is 0. The van der Waals surface area contributed by atoms with Crippen molar-refractivity contribution in [1.82, 2.24) is 19.9 Å². The van der Waals surface area contributed by atoms with Crippen LogP contribution in [0.25, 0.3) is 22.4 Å². The van der Waals surface area contributed by atoms with E-state index in [1.54, 1.807) is 18.6 Å². The van der Waals surface area contributed by atoms with Crippen LogP contribution in [0.1, 0.15) is 18.7 Å². The average Bonchev–Trinajstić information content (AvgIpc) is 2.46. The zero-order valence-corrected chi connectivity index (χ0v) is 10.5. The van der Waals surface area contributed by atoms with E-state index in [4.69, 9.17) is 5.73 Å². The van der Waals surface area contributed by atoms with Gasteiger partial charge < -0.3 is 5.73 Å². The van der Waals surface area contributed by atoms with Gasteiger partial charge in [-0.25, -0.2) is 9.97 Å². The van der Waals surface area contributed by atoms with Crippen molar-refractivity contribution in [2.24, 2.45) is 5.73 Å². The lowest BCUT2D eigenvalue weighted by Crippen LogP contribution is -2.11. The van der Waals surface area contributed by atoms with Gasteiger partial charge in [0.25, 0.3) is 0 Å². The molecular weight excluding hydrogens is 238 g/mol. The van der Waals surface area contributed by atoms with Gasteiger partial charge in [-0.3, -0.25) is 9.97 Å². The summed E-state index contributed by atoms with van der Waals surface area (Å²) in [5.41, 5.74) is 9.77. The number of hydrogen-bond donors (Lipinski definition) is 1. The summed E-state index contributed by atoms with van der Waals surface area (Å²) in [4.78, 5) is 17.6. The van der Waals surface area contributed by atoms with Gasteiger partial charge in [0.2, 0.25) is 0 Å². The van der Waals surface area contributed by atoms with Crippen LogP contribution >= 0.6 is 0 Å². The highest BCUT2D eigenvalue weighted by molar-refractivity contribution is 5.77. The Morgan fingerprint density at radius 1 is 1.05 bits per heavy atom. The second-order valence-electron chi connectivity index (χ2n) is 4.33. The van der Waals surface area contributed by atoms with Gasteiger partial charge in [-0.15, -0.1) is 0 Å². The highest BCUT2D eigenvalue weighted by atomic mass is 14.9. The number of rotatable bonds is 2. The molecule has 2 aromatic heterocycles. The van der Waals surface area contributed by atoms with Gasteiger partial charge >= 0.3 is 0 Å². The quantitative estimate of drug-likeness (QED) is 0.754. The Hall–Kier alpha value is -2.40. The molecule has 2 heterocycles. The van der Waals surface area contributed by atoms with Crippen LogP contribution < -0.4 is 5.73 Å². The Bertz CT molecular complexity index is 709. The van der Waals surface area contributed by atoms with Crippen LogP contribution in [0.15, 0.2) is 42.9 Å². The van der Waals surface area contributed by atoms with Crippen LogP contribution in [0.3, 0.4) is 0 Å². The Morgan fingerprint density at radius 2 is 1.79 bits per heavy atom. The van der Waals surface area contributed by atoms with Crippen molar-refractivity contribution < 1.29 is 0 Å². The molecule has 0 saturated heterocycles. The molecule has 0 fully saturated rings. The third kappa shape index (κ3) is 2.15. The lowest BCUT2D eigenvalue weighted by Gasteiger charge is -2.11. The molecule has 0 bridgehead atoms. The van der Waals surface area contributed by atoms with Crippen molar-refractivity contribution in [3.8, 4) is 11.4 Å². The van der Waals surface area contributed by atoms with Crippen molar-refractivity contribution in [2.45, 2.75) is 13.0 Å². The van der Waals surface area contributed by atoms with Crippen LogP contribution in [0.4, 0.5) is 0 Å². The monoisotopic (exact) mass is 251 g/mol. The van der Waals surface area contributed by atoms with Crippen LogP contribution in [0, 0.1) is 0 Å². The number of para-hydroxylation sites is 2. The zero-order chi connectivity index (χ0) is 13.2. The fourth-order valence-corrected chi connectivity index (χ4v) is 1.94. The van der Waals surface area contributed by atoms with Crippen molar-refractivity contribution in [3.05, 3.63) is 48.5 Å². The molecule has 19 heavy (non-hydrogen) atoms. The molecule has 0 aliphatic carbocycles. The summed E-state index contributed by atoms with van der Waals surface area (Å²) in [6, 6.07) is 7.50. The molecule has 5 heteroatoms. The van der Waals surface area contributed by atoms with E-state index in [-0.39, 0.29) is 6.04 Å². The molecule has 94 valence electrons. The molecule has 5 nitrogen and oxygen atoms in total. The molecule has 1 aromatic carbocycles. The molecule has 0 aliphatic rings. The Kier molecular flexibility index (Phi) is 2.89. The van der Waals surface area contributed by atoms with Crippen LogP contribution in [0.2, 0.25) is 0 Å². The highest BCUT2D eigenvalue weighted by Gasteiger charge is 2.15. The largest absolute Gasteiger partial charge is 0.323 e. The number of fused-ring (bicyclic) bond motifs is 1. The van der Waals surface area contributed by atoms with Crippen molar-refractivity contribution in [2.75, 3.05) is 0 Å². The third-order valence-electron chi connectivity index (χ3n) is 2.83. The van der Waals surface area contributed by atoms with E-state index in [1.807, 2.05) is 31.2 Å². The molecule has 0 unspecified atom stereocenters. The van der Waals surface area contributed by atoms with Gasteiger partial charge in [0, 0.05) is 18.4 Å². The maximum atomic E-state index is 5.99. The topological polar surface area (TPSA) is 77.6 Å². The standard InChI is InChI=1S/C14H13N5/c1-9(15)13-14(12-8-16-6-7-17-12)19-11-5-3-2-4-10(11)18-13/h2-9H,15H2,1H3/t9-/m0/s1. The lowest BCUT2D eigenvalue weighted by atomic mass is 10.1. The molecule has 0 aliphatic heterocycles. The van der Waals surface area contributed by atoms with Gasteiger partial charge in [0.15, 0.2) is 0 Å².